The van der Waals surface area contributed by atoms with Crippen molar-refractivity contribution in [2.75, 3.05) is 23.9 Å². The summed E-state index contributed by atoms with van der Waals surface area (Å²) in [7, 11) is 1.46. The van der Waals surface area contributed by atoms with Crippen molar-refractivity contribution in [1.82, 2.24) is 5.16 Å². The number of methoxy groups -OCH3 is 1. The van der Waals surface area contributed by atoms with Gasteiger partial charge in [-0.1, -0.05) is 0 Å². The van der Waals surface area contributed by atoms with E-state index in [2.05, 4.69) is 36.1 Å². The number of carbonyl (C=O) groups is 1. The third kappa shape index (κ3) is 3.58. The summed E-state index contributed by atoms with van der Waals surface area (Å²) in [6, 6.07) is 9.58. The Bertz CT molecular complexity index is 620. The molecule has 0 saturated carbocycles. The van der Waals surface area contributed by atoms with Crippen LogP contribution >= 0.6 is 0 Å². The standard InChI is InChI=1S/C16H21N3O3/c1-5-19(11(2)3)13-8-6-12(7-9-13)17-16(20)14-10-15(21-4)18-22-14/h6-11H,5H2,1-4H3,(H,17,20). The van der Waals surface area contributed by atoms with Gasteiger partial charge in [-0.05, 0) is 50.2 Å². The summed E-state index contributed by atoms with van der Waals surface area (Å²) in [6.07, 6.45) is 0. The topological polar surface area (TPSA) is 67.6 Å². The lowest BCUT2D eigenvalue weighted by Gasteiger charge is -2.27. The Kier molecular flexibility index (Phi) is 5.04. The summed E-state index contributed by atoms with van der Waals surface area (Å²) in [5.41, 5.74) is 1.82. The fourth-order valence-electron chi connectivity index (χ4n) is 2.24. The SMILES string of the molecule is CCN(c1ccc(NC(=O)c2cc(OC)no2)cc1)C(C)C. The smallest absolute Gasteiger partial charge is 0.294 e. The fraction of sp³-hybridized carbons (Fsp3) is 0.375. The van der Waals surface area contributed by atoms with Crippen molar-refractivity contribution in [3.05, 3.63) is 36.1 Å². The Hall–Kier alpha value is -2.50. The number of rotatable bonds is 6. The molecule has 0 bridgehead atoms. The summed E-state index contributed by atoms with van der Waals surface area (Å²) in [6.45, 7) is 7.35. The van der Waals surface area contributed by atoms with Crippen LogP contribution in [0.25, 0.3) is 0 Å². The van der Waals surface area contributed by atoms with Crippen LogP contribution in [0, 0.1) is 0 Å². The molecule has 0 fully saturated rings. The first-order chi connectivity index (χ1) is 10.5. The van der Waals surface area contributed by atoms with Crippen LogP contribution in [0.2, 0.25) is 0 Å². The molecule has 1 heterocycles. The predicted molar refractivity (Wildman–Crippen MR) is 85.6 cm³/mol. The van der Waals surface area contributed by atoms with E-state index in [0.717, 1.165) is 12.2 Å². The van der Waals surface area contributed by atoms with E-state index < -0.39 is 0 Å². The molecular weight excluding hydrogens is 282 g/mol. The first-order valence-corrected chi connectivity index (χ1v) is 7.24. The van der Waals surface area contributed by atoms with E-state index in [1.165, 1.54) is 13.2 Å². The minimum Gasteiger partial charge on any atom is -0.479 e. The van der Waals surface area contributed by atoms with Gasteiger partial charge < -0.3 is 19.5 Å². The molecule has 22 heavy (non-hydrogen) atoms. The zero-order valence-electron chi connectivity index (χ0n) is 13.3. The number of nitrogens with one attached hydrogen (secondary N) is 1. The third-order valence-corrected chi connectivity index (χ3v) is 3.34. The van der Waals surface area contributed by atoms with Gasteiger partial charge in [0.1, 0.15) is 0 Å². The number of carbonyl (C=O) groups excluding carboxylic acids is 1. The van der Waals surface area contributed by atoms with Gasteiger partial charge in [0, 0.05) is 24.0 Å². The van der Waals surface area contributed by atoms with Crippen LogP contribution in [0.3, 0.4) is 0 Å². The molecule has 1 aromatic heterocycles. The fourth-order valence-corrected chi connectivity index (χ4v) is 2.24. The van der Waals surface area contributed by atoms with Gasteiger partial charge in [0.25, 0.3) is 11.8 Å². The van der Waals surface area contributed by atoms with Crippen LogP contribution in [0.15, 0.2) is 34.9 Å². The molecule has 0 aliphatic heterocycles. The van der Waals surface area contributed by atoms with E-state index in [4.69, 9.17) is 9.26 Å². The van der Waals surface area contributed by atoms with Gasteiger partial charge in [0.15, 0.2) is 0 Å². The Morgan fingerprint density at radius 2 is 2.05 bits per heavy atom. The lowest BCUT2D eigenvalue weighted by Crippen LogP contribution is -2.30. The molecule has 0 aliphatic rings. The highest BCUT2D eigenvalue weighted by Crippen LogP contribution is 2.20. The Balaban J connectivity index is 2.06. The van der Waals surface area contributed by atoms with Crippen LogP contribution in [-0.4, -0.2) is 30.8 Å². The van der Waals surface area contributed by atoms with Crippen LogP contribution in [-0.2, 0) is 0 Å². The summed E-state index contributed by atoms with van der Waals surface area (Å²) in [5.74, 6) is 0.0223. The highest BCUT2D eigenvalue weighted by Gasteiger charge is 2.14. The lowest BCUT2D eigenvalue weighted by atomic mass is 10.2. The lowest BCUT2D eigenvalue weighted by molar-refractivity contribution is 0.0987. The van der Waals surface area contributed by atoms with Crippen molar-refractivity contribution in [2.24, 2.45) is 0 Å². The van der Waals surface area contributed by atoms with Crippen molar-refractivity contribution >= 4 is 17.3 Å². The van der Waals surface area contributed by atoms with Gasteiger partial charge in [-0.15, -0.1) is 0 Å². The van der Waals surface area contributed by atoms with Crippen LogP contribution in [0.5, 0.6) is 5.88 Å². The molecule has 0 radical (unpaired) electrons. The first-order valence-electron chi connectivity index (χ1n) is 7.24. The van der Waals surface area contributed by atoms with E-state index >= 15 is 0 Å². The third-order valence-electron chi connectivity index (χ3n) is 3.34. The molecule has 6 heteroatoms. The van der Waals surface area contributed by atoms with Gasteiger partial charge in [0.05, 0.1) is 13.2 Å². The zero-order chi connectivity index (χ0) is 16.1. The number of amides is 1. The van der Waals surface area contributed by atoms with Crippen molar-refractivity contribution < 1.29 is 14.1 Å². The summed E-state index contributed by atoms with van der Waals surface area (Å²) < 4.78 is 9.79. The predicted octanol–water partition coefficient (Wildman–Crippen LogP) is 3.17. The van der Waals surface area contributed by atoms with E-state index in [9.17, 15) is 4.79 Å². The summed E-state index contributed by atoms with van der Waals surface area (Å²) in [4.78, 5) is 14.3. The molecule has 0 atom stereocenters. The van der Waals surface area contributed by atoms with Crippen molar-refractivity contribution in [3.8, 4) is 5.88 Å². The zero-order valence-corrected chi connectivity index (χ0v) is 13.3. The highest BCUT2D eigenvalue weighted by atomic mass is 16.5. The van der Waals surface area contributed by atoms with Gasteiger partial charge in [-0.2, -0.15) is 0 Å². The van der Waals surface area contributed by atoms with Crippen molar-refractivity contribution in [1.29, 1.82) is 0 Å². The number of anilines is 2. The average molecular weight is 303 g/mol. The Labute approximate surface area is 130 Å². The second kappa shape index (κ2) is 6.98. The molecule has 0 saturated heterocycles. The normalized spacial score (nSPS) is 10.6. The molecule has 0 aliphatic carbocycles. The molecule has 2 rings (SSSR count). The van der Waals surface area contributed by atoms with E-state index in [0.29, 0.717) is 11.7 Å². The quantitative estimate of drug-likeness (QED) is 0.887. The number of hydrogen-bond donors (Lipinski definition) is 1. The molecule has 118 valence electrons. The van der Waals surface area contributed by atoms with E-state index in [1.807, 2.05) is 24.3 Å². The maximum Gasteiger partial charge on any atom is 0.294 e. The summed E-state index contributed by atoms with van der Waals surface area (Å²) in [5, 5.41) is 6.36. The van der Waals surface area contributed by atoms with E-state index in [1.54, 1.807) is 0 Å². The molecule has 0 unspecified atom stereocenters. The number of aromatic nitrogens is 1. The minimum atomic E-state index is -0.361. The van der Waals surface area contributed by atoms with Gasteiger partial charge in [-0.3, -0.25) is 4.79 Å². The number of nitrogens with zero attached hydrogens (tertiary/aromatic N) is 2. The number of ether oxygens (including phenoxy) is 1. The van der Waals surface area contributed by atoms with Crippen LogP contribution in [0.1, 0.15) is 31.3 Å². The molecule has 1 N–H and O–H groups in total. The van der Waals surface area contributed by atoms with Gasteiger partial charge in [0.2, 0.25) is 5.76 Å². The van der Waals surface area contributed by atoms with Gasteiger partial charge in [-0.25, -0.2) is 0 Å². The summed E-state index contributed by atoms with van der Waals surface area (Å²) >= 11 is 0. The number of benzene rings is 1. The second-order valence-corrected chi connectivity index (χ2v) is 5.11. The average Bonchev–Trinajstić information content (AvgIpc) is 2.98. The number of hydrogen-bond acceptors (Lipinski definition) is 5. The maximum absolute atomic E-state index is 12.0. The molecule has 1 aromatic carbocycles. The largest absolute Gasteiger partial charge is 0.479 e. The maximum atomic E-state index is 12.0. The Morgan fingerprint density at radius 3 is 2.55 bits per heavy atom. The second-order valence-electron chi connectivity index (χ2n) is 5.11. The molecule has 2 aromatic rings. The minimum absolute atomic E-state index is 0.110. The molecule has 1 amide bonds. The van der Waals surface area contributed by atoms with Gasteiger partial charge >= 0.3 is 0 Å². The highest BCUT2D eigenvalue weighted by molar-refractivity contribution is 6.02. The van der Waals surface area contributed by atoms with Crippen LogP contribution < -0.4 is 15.0 Å². The Morgan fingerprint density at radius 1 is 1.36 bits per heavy atom. The van der Waals surface area contributed by atoms with Crippen molar-refractivity contribution in [3.63, 3.8) is 0 Å². The first kappa shape index (κ1) is 15.9. The molecular formula is C16H21N3O3. The monoisotopic (exact) mass is 303 g/mol. The van der Waals surface area contributed by atoms with Crippen LogP contribution in [0.4, 0.5) is 11.4 Å². The van der Waals surface area contributed by atoms with Crippen molar-refractivity contribution in [2.45, 2.75) is 26.8 Å². The van der Waals surface area contributed by atoms with E-state index in [-0.39, 0.29) is 17.5 Å². The molecule has 0 spiro atoms. The molecule has 6 nitrogen and oxygen atoms in total.